The first-order valence-electron chi connectivity index (χ1n) is 5.97. The fraction of sp³-hybridized carbons (Fsp3) is 0.308. The van der Waals surface area contributed by atoms with Gasteiger partial charge in [0.1, 0.15) is 0 Å². The highest BCUT2D eigenvalue weighted by Gasteiger charge is 2.21. The van der Waals surface area contributed by atoms with Gasteiger partial charge in [0, 0.05) is 7.05 Å². The number of benzene rings is 1. The third-order valence-corrected chi connectivity index (χ3v) is 3.41. The molecule has 1 unspecified atom stereocenters. The molecule has 2 rings (SSSR count). The minimum atomic E-state index is -0.296. The molecule has 1 atom stereocenters. The average Bonchev–Trinajstić information content (AvgIpc) is 2.80. The Bertz CT molecular complexity index is 581. The first-order chi connectivity index (χ1) is 9.62. The van der Waals surface area contributed by atoms with Crippen molar-refractivity contribution in [3.63, 3.8) is 0 Å². The van der Waals surface area contributed by atoms with Crippen molar-refractivity contribution in [2.24, 2.45) is 12.9 Å². The van der Waals surface area contributed by atoms with E-state index in [1.807, 2.05) is 25.2 Å². The predicted molar refractivity (Wildman–Crippen MR) is 76.9 cm³/mol. The van der Waals surface area contributed by atoms with Crippen molar-refractivity contribution < 1.29 is 9.47 Å². The van der Waals surface area contributed by atoms with Crippen molar-refractivity contribution in [1.29, 1.82) is 0 Å². The Hall–Kier alpha value is -1.76. The SMILES string of the molecule is COc1ccc(C(NN)c2c(Cl)cnn2C)cc1OC. The van der Waals surface area contributed by atoms with Gasteiger partial charge in [-0.15, -0.1) is 0 Å². The zero-order chi connectivity index (χ0) is 14.7. The van der Waals surface area contributed by atoms with Crippen molar-refractivity contribution >= 4 is 11.6 Å². The summed E-state index contributed by atoms with van der Waals surface area (Å²) < 4.78 is 12.2. The van der Waals surface area contributed by atoms with Gasteiger partial charge < -0.3 is 9.47 Å². The van der Waals surface area contributed by atoms with Crippen molar-refractivity contribution in [3.05, 3.63) is 40.7 Å². The zero-order valence-corrected chi connectivity index (χ0v) is 12.3. The summed E-state index contributed by atoms with van der Waals surface area (Å²) in [5.74, 6) is 6.96. The first kappa shape index (κ1) is 14.6. The molecule has 0 aliphatic carbocycles. The number of hydrogen-bond acceptors (Lipinski definition) is 5. The van der Waals surface area contributed by atoms with E-state index in [4.69, 9.17) is 26.9 Å². The molecule has 0 bridgehead atoms. The number of methoxy groups -OCH3 is 2. The number of nitrogens with two attached hydrogens (primary N) is 1. The van der Waals surface area contributed by atoms with Crippen LogP contribution in [0.3, 0.4) is 0 Å². The molecule has 2 aromatic rings. The minimum Gasteiger partial charge on any atom is -0.493 e. The largest absolute Gasteiger partial charge is 0.493 e. The van der Waals surface area contributed by atoms with Crippen molar-refractivity contribution in [2.75, 3.05) is 14.2 Å². The molecule has 1 heterocycles. The van der Waals surface area contributed by atoms with E-state index in [2.05, 4.69) is 10.5 Å². The zero-order valence-electron chi connectivity index (χ0n) is 11.6. The summed E-state index contributed by atoms with van der Waals surface area (Å²) in [5, 5.41) is 4.67. The number of aromatic nitrogens is 2. The van der Waals surface area contributed by atoms with Crippen molar-refractivity contribution in [1.82, 2.24) is 15.2 Å². The number of nitrogens with one attached hydrogen (secondary N) is 1. The third kappa shape index (κ3) is 2.58. The lowest BCUT2D eigenvalue weighted by atomic mass is 10.0. The van der Waals surface area contributed by atoms with Crippen LogP contribution in [-0.2, 0) is 7.05 Å². The Balaban J connectivity index is 2.47. The number of rotatable bonds is 5. The molecule has 108 valence electrons. The summed E-state index contributed by atoms with van der Waals surface area (Å²) in [4.78, 5) is 0. The van der Waals surface area contributed by atoms with E-state index < -0.39 is 0 Å². The average molecular weight is 297 g/mol. The summed E-state index contributed by atoms with van der Waals surface area (Å²) in [6, 6.07) is 5.28. The lowest BCUT2D eigenvalue weighted by Gasteiger charge is -2.19. The highest BCUT2D eigenvalue weighted by Crippen LogP contribution is 2.33. The van der Waals surface area contributed by atoms with E-state index in [-0.39, 0.29) is 6.04 Å². The first-order valence-corrected chi connectivity index (χ1v) is 6.35. The molecule has 1 aromatic heterocycles. The van der Waals surface area contributed by atoms with Crippen LogP contribution in [0.5, 0.6) is 11.5 Å². The van der Waals surface area contributed by atoms with Gasteiger partial charge in [0.2, 0.25) is 0 Å². The number of nitrogens with zero attached hydrogens (tertiary/aromatic N) is 2. The van der Waals surface area contributed by atoms with Gasteiger partial charge in [0.25, 0.3) is 0 Å². The fourth-order valence-corrected chi connectivity index (χ4v) is 2.39. The number of aryl methyl sites for hydroxylation is 1. The highest BCUT2D eigenvalue weighted by molar-refractivity contribution is 6.31. The summed E-state index contributed by atoms with van der Waals surface area (Å²) in [7, 11) is 4.99. The maximum Gasteiger partial charge on any atom is 0.161 e. The maximum absolute atomic E-state index is 6.17. The minimum absolute atomic E-state index is 0.296. The third-order valence-electron chi connectivity index (χ3n) is 3.12. The van der Waals surface area contributed by atoms with Crippen LogP contribution in [0.4, 0.5) is 0 Å². The topological polar surface area (TPSA) is 74.3 Å². The van der Waals surface area contributed by atoms with E-state index in [0.29, 0.717) is 16.5 Å². The molecular formula is C13H17ClN4O2. The lowest BCUT2D eigenvalue weighted by Crippen LogP contribution is -2.30. The van der Waals surface area contributed by atoms with Gasteiger partial charge in [-0.25, -0.2) is 5.43 Å². The van der Waals surface area contributed by atoms with Crippen LogP contribution in [-0.4, -0.2) is 24.0 Å². The standard InChI is InChI=1S/C13H17ClN4O2/c1-18-13(9(14)7-16-18)12(17-15)8-4-5-10(19-2)11(6-8)20-3/h4-7,12,17H,15H2,1-3H3. The van der Waals surface area contributed by atoms with E-state index in [9.17, 15) is 0 Å². The molecule has 0 radical (unpaired) electrons. The second kappa shape index (κ2) is 6.13. The van der Waals surface area contributed by atoms with Gasteiger partial charge >= 0.3 is 0 Å². The summed E-state index contributed by atoms with van der Waals surface area (Å²) in [6.07, 6.45) is 1.59. The quantitative estimate of drug-likeness (QED) is 0.648. The van der Waals surface area contributed by atoms with E-state index in [1.54, 1.807) is 25.1 Å². The normalized spacial score (nSPS) is 12.2. The van der Waals surface area contributed by atoms with Gasteiger partial charge in [-0.05, 0) is 17.7 Å². The smallest absolute Gasteiger partial charge is 0.161 e. The Morgan fingerprint density at radius 1 is 1.30 bits per heavy atom. The van der Waals surface area contributed by atoms with E-state index >= 15 is 0 Å². The van der Waals surface area contributed by atoms with Crippen LogP contribution < -0.4 is 20.7 Å². The van der Waals surface area contributed by atoms with Gasteiger partial charge in [-0.2, -0.15) is 5.10 Å². The Labute approximate surface area is 122 Å². The fourth-order valence-electron chi connectivity index (χ4n) is 2.11. The van der Waals surface area contributed by atoms with E-state index in [1.165, 1.54) is 0 Å². The van der Waals surface area contributed by atoms with Crippen LogP contribution >= 0.6 is 11.6 Å². The predicted octanol–water partition coefficient (Wildman–Crippen LogP) is 1.64. The molecule has 0 aliphatic heterocycles. The number of hydrogen-bond donors (Lipinski definition) is 2. The lowest BCUT2D eigenvalue weighted by molar-refractivity contribution is 0.354. The Morgan fingerprint density at radius 2 is 2.00 bits per heavy atom. The second-order valence-electron chi connectivity index (χ2n) is 4.22. The van der Waals surface area contributed by atoms with Crippen molar-refractivity contribution in [2.45, 2.75) is 6.04 Å². The molecular weight excluding hydrogens is 280 g/mol. The van der Waals surface area contributed by atoms with Crippen LogP contribution in [0, 0.1) is 0 Å². The van der Waals surface area contributed by atoms with Crippen LogP contribution in [0.2, 0.25) is 5.02 Å². The number of halogens is 1. The molecule has 0 amide bonds. The Morgan fingerprint density at radius 3 is 2.50 bits per heavy atom. The second-order valence-corrected chi connectivity index (χ2v) is 4.62. The molecule has 0 spiro atoms. The molecule has 0 fully saturated rings. The Kier molecular flexibility index (Phi) is 4.49. The molecule has 3 N–H and O–H groups in total. The number of ether oxygens (including phenoxy) is 2. The van der Waals surface area contributed by atoms with Gasteiger partial charge in [-0.1, -0.05) is 17.7 Å². The monoisotopic (exact) mass is 296 g/mol. The molecule has 1 aromatic carbocycles. The van der Waals surface area contributed by atoms with Crippen LogP contribution in [0.1, 0.15) is 17.3 Å². The van der Waals surface area contributed by atoms with Gasteiger partial charge in [0.05, 0.1) is 37.2 Å². The summed E-state index contributed by atoms with van der Waals surface area (Å²) in [5.41, 5.74) is 4.43. The molecule has 6 nitrogen and oxygen atoms in total. The molecule has 0 saturated carbocycles. The number of hydrazine groups is 1. The summed E-state index contributed by atoms with van der Waals surface area (Å²) >= 11 is 6.17. The van der Waals surface area contributed by atoms with E-state index in [0.717, 1.165) is 11.3 Å². The van der Waals surface area contributed by atoms with Gasteiger partial charge in [0.15, 0.2) is 11.5 Å². The van der Waals surface area contributed by atoms with Crippen molar-refractivity contribution in [3.8, 4) is 11.5 Å². The maximum atomic E-state index is 6.17. The molecule has 7 heteroatoms. The van der Waals surface area contributed by atoms with Crippen LogP contribution in [0.15, 0.2) is 24.4 Å². The molecule has 0 saturated heterocycles. The van der Waals surface area contributed by atoms with Gasteiger partial charge in [-0.3, -0.25) is 10.5 Å². The molecule has 0 aliphatic rings. The summed E-state index contributed by atoms with van der Waals surface area (Å²) in [6.45, 7) is 0. The highest BCUT2D eigenvalue weighted by atomic mass is 35.5. The van der Waals surface area contributed by atoms with Crippen LogP contribution in [0.25, 0.3) is 0 Å². The molecule has 20 heavy (non-hydrogen) atoms.